The maximum atomic E-state index is 5.37. The van der Waals surface area contributed by atoms with E-state index < -0.39 is 0 Å². The zero-order chi connectivity index (χ0) is 12.4. The second kappa shape index (κ2) is 4.43. The Morgan fingerprint density at radius 3 is 2.67 bits per heavy atom. The van der Waals surface area contributed by atoms with E-state index in [4.69, 9.17) is 5.84 Å². The number of rotatable bonds is 2. The molecule has 1 aromatic heterocycles. The van der Waals surface area contributed by atoms with Gasteiger partial charge in [0.25, 0.3) is 0 Å². The molecule has 0 spiro atoms. The van der Waals surface area contributed by atoms with Gasteiger partial charge in [-0.3, -0.25) is 0 Å². The molecule has 0 saturated carbocycles. The van der Waals surface area contributed by atoms with Crippen LogP contribution in [0.4, 0.5) is 5.82 Å². The number of hydrazine groups is 1. The van der Waals surface area contributed by atoms with Gasteiger partial charge in [0.05, 0.1) is 0 Å². The lowest BCUT2D eigenvalue weighted by Gasteiger charge is -2.06. The highest BCUT2D eigenvalue weighted by Crippen LogP contribution is 2.26. The molecule has 0 unspecified atom stereocenters. The van der Waals surface area contributed by atoms with Crippen LogP contribution < -0.4 is 11.3 Å². The third-order valence-electron chi connectivity index (χ3n) is 2.83. The van der Waals surface area contributed by atoms with Crippen LogP contribution in [0.15, 0.2) is 54.7 Å². The van der Waals surface area contributed by atoms with Crippen LogP contribution in [0.2, 0.25) is 0 Å². The summed E-state index contributed by atoms with van der Waals surface area (Å²) in [5.41, 5.74) is 3.54. The van der Waals surface area contributed by atoms with Gasteiger partial charge in [0.1, 0.15) is 5.82 Å². The van der Waals surface area contributed by atoms with Crippen molar-refractivity contribution in [2.24, 2.45) is 5.84 Å². The van der Waals surface area contributed by atoms with Gasteiger partial charge in [-0.25, -0.2) is 15.8 Å². The fraction of sp³-hybridized carbons (Fsp3) is 0. The van der Waals surface area contributed by atoms with Crippen molar-refractivity contribution in [3.8, 4) is 11.4 Å². The number of anilines is 1. The van der Waals surface area contributed by atoms with E-state index in [-0.39, 0.29) is 0 Å². The van der Waals surface area contributed by atoms with Crippen LogP contribution in [-0.4, -0.2) is 9.97 Å². The third kappa shape index (κ3) is 1.78. The van der Waals surface area contributed by atoms with E-state index >= 15 is 0 Å². The number of hydrogen-bond donors (Lipinski definition) is 2. The van der Waals surface area contributed by atoms with Crippen molar-refractivity contribution >= 4 is 16.6 Å². The molecular formula is C14H12N4. The Kier molecular flexibility index (Phi) is 2.63. The molecule has 0 bridgehead atoms. The molecular weight excluding hydrogens is 224 g/mol. The summed E-state index contributed by atoms with van der Waals surface area (Å²) in [6, 6.07) is 16.0. The highest BCUT2D eigenvalue weighted by Gasteiger charge is 2.06. The van der Waals surface area contributed by atoms with Gasteiger partial charge in [-0.1, -0.05) is 42.5 Å². The Morgan fingerprint density at radius 1 is 0.944 bits per heavy atom. The lowest BCUT2D eigenvalue weighted by molar-refractivity contribution is 1.15. The van der Waals surface area contributed by atoms with E-state index in [0.29, 0.717) is 11.6 Å². The molecule has 1 heterocycles. The van der Waals surface area contributed by atoms with Gasteiger partial charge in [0.2, 0.25) is 0 Å². The normalized spacial score (nSPS) is 10.5. The monoisotopic (exact) mass is 236 g/mol. The molecule has 0 aliphatic rings. The largest absolute Gasteiger partial charge is 0.308 e. The molecule has 88 valence electrons. The maximum Gasteiger partial charge on any atom is 0.162 e. The smallest absolute Gasteiger partial charge is 0.162 e. The number of nitrogens with two attached hydrogens (primary N) is 1. The standard InChI is InChI=1S/C14H12N4/c15-18-13-8-9-16-14(17-13)12-7-3-5-10-4-1-2-6-11(10)12/h1-9H,15H2,(H,16,17,18). The fourth-order valence-electron chi connectivity index (χ4n) is 1.99. The van der Waals surface area contributed by atoms with Crippen molar-refractivity contribution in [1.82, 2.24) is 9.97 Å². The molecule has 0 radical (unpaired) electrons. The number of benzene rings is 2. The van der Waals surface area contributed by atoms with Crippen LogP contribution in [0.1, 0.15) is 0 Å². The van der Waals surface area contributed by atoms with Crippen molar-refractivity contribution in [2.45, 2.75) is 0 Å². The average molecular weight is 236 g/mol. The van der Waals surface area contributed by atoms with Crippen LogP contribution in [0.3, 0.4) is 0 Å². The molecule has 18 heavy (non-hydrogen) atoms. The molecule has 0 atom stereocenters. The van der Waals surface area contributed by atoms with E-state index in [1.54, 1.807) is 12.3 Å². The summed E-state index contributed by atoms with van der Waals surface area (Å²) >= 11 is 0. The predicted molar refractivity (Wildman–Crippen MR) is 72.8 cm³/mol. The molecule has 4 heteroatoms. The first-order valence-electron chi connectivity index (χ1n) is 5.66. The quantitative estimate of drug-likeness (QED) is 0.530. The molecule has 2 aromatic carbocycles. The van der Waals surface area contributed by atoms with E-state index in [2.05, 4.69) is 33.6 Å². The van der Waals surface area contributed by atoms with Crippen LogP contribution in [-0.2, 0) is 0 Å². The second-order valence-electron chi connectivity index (χ2n) is 3.94. The first-order valence-corrected chi connectivity index (χ1v) is 5.66. The first kappa shape index (κ1) is 10.7. The van der Waals surface area contributed by atoms with Gasteiger partial charge in [0.15, 0.2) is 5.82 Å². The summed E-state index contributed by atoms with van der Waals surface area (Å²) < 4.78 is 0. The summed E-state index contributed by atoms with van der Waals surface area (Å²) in [5, 5.41) is 2.30. The number of nitrogens with one attached hydrogen (secondary N) is 1. The number of aromatic nitrogens is 2. The van der Waals surface area contributed by atoms with E-state index in [1.807, 2.05) is 24.3 Å². The number of fused-ring (bicyclic) bond motifs is 1. The van der Waals surface area contributed by atoms with Gasteiger partial charge >= 0.3 is 0 Å². The van der Waals surface area contributed by atoms with E-state index in [9.17, 15) is 0 Å². The minimum absolute atomic E-state index is 0.605. The summed E-state index contributed by atoms with van der Waals surface area (Å²) in [4.78, 5) is 8.67. The van der Waals surface area contributed by atoms with Crippen LogP contribution in [0, 0.1) is 0 Å². The van der Waals surface area contributed by atoms with Crippen molar-refractivity contribution < 1.29 is 0 Å². The summed E-state index contributed by atoms with van der Waals surface area (Å²) in [6.45, 7) is 0. The molecule has 4 nitrogen and oxygen atoms in total. The third-order valence-corrected chi connectivity index (χ3v) is 2.83. The molecule has 0 aliphatic heterocycles. The topological polar surface area (TPSA) is 63.8 Å². The highest BCUT2D eigenvalue weighted by atomic mass is 15.3. The minimum Gasteiger partial charge on any atom is -0.308 e. The van der Waals surface area contributed by atoms with Crippen molar-refractivity contribution in [2.75, 3.05) is 5.43 Å². The van der Waals surface area contributed by atoms with Crippen LogP contribution in [0.5, 0.6) is 0 Å². The Labute approximate surface area is 104 Å². The van der Waals surface area contributed by atoms with Crippen LogP contribution >= 0.6 is 0 Å². The van der Waals surface area contributed by atoms with Gasteiger partial charge in [0, 0.05) is 17.8 Å². The van der Waals surface area contributed by atoms with Gasteiger partial charge < -0.3 is 5.43 Å². The lowest BCUT2D eigenvalue weighted by Crippen LogP contribution is -2.09. The summed E-state index contributed by atoms with van der Waals surface area (Å²) in [7, 11) is 0. The minimum atomic E-state index is 0.605. The molecule has 0 saturated heterocycles. The summed E-state index contributed by atoms with van der Waals surface area (Å²) in [6.07, 6.45) is 1.69. The van der Waals surface area contributed by atoms with Gasteiger partial charge in [-0.2, -0.15) is 0 Å². The Hall–Kier alpha value is -2.46. The highest BCUT2D eigenvalue weighted by molar-refractivity contribution is 5.95. The zero-order valence-corrected chi connectivity index (χ0v) is 9.67. The van der Waals surface area contributed by atoms with Crippen molar-refractivity contribution in [3.63, 3.8) is 0 Å². The number of hydrogen-bond acceptors (Lipinski definition) is 4. The SMILES string of the molecule is NNc1ccnc(-c2cccc3ccccc23)n1. The van der Waals surface area contributed by atoms with Gasteiger partial charge in [-0.05, 0) is 10.8 Å². The molecule has 3 rings (SSSR count). The number of nitrogens with zero attached hydrogens (tertiary/aromatic N) is 2. The van der Waals surface area contributed by atoms with Crippen molar-refractivity contribution in [1.29, 1.82) is 0 Å². The molecule has 0 amide bonds. The predicted octanol–water partition coefficient (Wildman–Crippen LogP) is 2.58. The average Bonchev–Trinajstić information content (AvgIpc) is 2.47. The molecule has 0 fully saturated rings. The first-order chi connectivity index (χ1) is 8.88. The molecule has 3 aromatic rings. The van der Waals surface area contributed by atoms with Crippen molar-refractivity contribution in [3.05, 3.63) is 54.7 Å². The van der Waals surface area contributed by atoms with E-state index in [0.717, 1.165) is 10.9 Å². The molecule has 0 aliphatic carbocycles. The summed E-state index contributed by atoms with van der Waals surface area (Å²) in [5.74, 6) is 6.64. The molecule has 3 N–H and O–H groups in total. The van der Waals surface area contributed by atoms with E-state index in [1.165, 1.54) is 5.39 Å². The Bertz CT molecular complexity index is 689. The lowest BCUT2D eigenvalue weighted by atomic mass is 10.0. The van der Waals surface area contributed by atoms with Gasteiger partial charge in [-0.15, -0.1) is 0 Å². The Balaban J connectivity index is 2.24. The second-order valence-corrected chi connectivity index (χ2v) is 3.94. The maximum absolute atomic E-state index is 5.37. The zero-order valence-electron chi connectivity index (χ0n) is 9.67. The number of nitrogen functional groups attached to an aromatic ring is 1. The fourth-order valence-corrected chi connectivity index (χ4v) is 1.99. The Morgan fingerprint density at radius 2 is 1.78 bits per heavy atom. The van der Waals surface area contributed by atoms with Crippen LogP contribution in [0.25, 0.3) is 22.2 Å².